The van der Waals surface area contributed by atoms with E-state index in [1.165, 1.54) is 6.33 Å². The van der Waals surface area contributed by atoms with Gasteiger partial charge in [-0.2, -0.15) is 5.10 Å². The predicted molar refractivity (Wildman–Crippen MR) is 75.9 cm³/mol. The molecule has 0 unspecified atom stereocenters. The maximum Gasteiger partial charge on any atom is 0.311 e. The number of aromatic nitrogens is 4. The number of fused-ring (bicyclic) bond motifs is 2. The van der Waals surface area contributed by atoms with Crippen molar-refractivity contribution in [3.05, 3.63) is 12.5 Å². The van der Waals surface area contributed by atoms with Crippen LogP contribution in [0.1, 0.15) is 19.3 Å². The molecule has 0 bridgehead atoms. The first kappa shape index (κ1) is 12.6. The van der Waals surface area contributed by atoms with Gasteiger partial charge >= 0.3 is 5.97 Å². The fourth-order valence-electron chi connectivity index (χ4n) is 4.00. The molecule has 4 rings (SSSR count). The number of rotatable bonds is 2. The largest absolute Gasteiger partial charge is 0.481 e. The zero-order valence-electron chi connectivity index (χ0n) is 11.9. The molecule has 1 saturated heterocycles. The maximum atomic E-state index is 11.8. The van der Waals surface area contributed by atoms with E-state index in [0.29, 0.717) is 6.54 Å². The number of nitrogens with zero attached hydrogens (tertiary/aromatic N) is 5. The quantitative estimate of drug-likeness (QED) is 0.889. The van der Waals surface area contributed by atoms with Crippen molar-refractivity contribution in [2.75, 3.05) is 18.0 Å². The van der Waals surface area contributed by atoms with Crippen LogP contribution < -0.4 is 4.90 Å². The van der Waals surface area contributed by atoms with E-state index in [-0.39, 0.29) is 5.92 Å². The fraction of sp³-hybridized carbons (Fsp3) is 0.571. The number of carboxylic acid groups (broad SMARTS) is 1. The highest BCUT2D eigenvalue weighted by molar-refractivity contribution is 5.87. The van der Waals surface area contributed by atoms with E-state index < -0.39 is 11.4 Å². The SMILES string of the molecule is Cn1ncc2c(N3C[C@@H]4CCC[C@@]4(C(=O)O)C3)ncnc21. The minimum atomic E-state index is -0.663. The van der Waals surface area contributed by atoms with Crippen molar-refractivity contribution in [3.8, 4) is 0 Å². The first-order valence-corrected chi connectivity index (χ1v) is 7.23. The third kappa shape index (κ3) is 1.60. The van der Waals surface area contributed by atoms with E-state index in [1.807, 2.05) is 7.05 Å². The molecule has 110 valence electrons. The smallest absolute Gasteiger partial charge is 0.311 e. The average Bonchev–Trinajstić information content (AvgIpc) is 3.11. The molecule has 1 aliphatic carbocycles. The summed E-state index contributed by atoms with van der Waals surface area (Å²) in [6.07, 6.45) is 6.05. The van der Waals surface area contributed by atoms with Crippen LogP contribution in [0.15, 0.2) is 12.5 Å². The molecule has 0 spiro atoms. The van der Waals surface area contributed by atoms with Crippen LogP contribution in [-0.4, -0.2) is 43.9 Å². The molecule has 0 radical (unpaired) electrons. The molecule has 2 atom stereocenters. The van der Waals surface area contributed by atoms with Gasteiger partial charge in [-0.15, -0.1) is 0 Å². The topological polar surface area (TPSA) is 84.1 Å². The monoisotopic (exact) mass is 287 g/mol. The molecule has 3 heterocycles. The van der Waals surface area contributed by atoms with Crippen LogP contribution in [-0.2, 0) is 11.8 Å². The van der Waals surface area contributed by atoms with Crippen molar-refractivity contribution in [1.29, 1.82) is 0 Å². The second-order valence-corrected chi connectivity index (χ2v) is 6.13. The Morgan fingerprint density at radius 3 is 3.10 bits per heavy atom. The van der Waals surface area contributed by atoms with Crippen molar-refractivity contribution in [3.63, 3.8) is 0 Å². The van der Waals surface area contributed by atoms with Gasteiger partial charge in [0.2, 0.25) is 0 Å². The molecule has 2 aromatic heterocycles. The molecule has 21 heavy (non-hydrogen) atoms. The van der Waals surface area contributed by atoms with E-state index in [9.17, 15) is 9.90 Å². The summed E-state index contributed by atoms with van der Waals surface area (Å²) in [6, 6.07) is 0. The summed E-state index contributed by atoms with van der Waals surface area (Å²) in [5, 5.41) is 14.8. The summed E-state index contributed by atoms with van der Waals surface area (Å²) in [5.74, 6) is 0.365. The van der Waals surface area contributed by atoms with E-state index >= 15 is 0 Å². The highest BCUT2D eigenvalue weighted by Gasteiger charge is 2.55. The Labute approximate surface area is 121 Å². The normalized spacial score (nSPS) is 28.2. The first-order chi connectivity index (χ1) is 10.1. The number of hydrogen-bond donors (Lipinski definition) is 1. The highest BCUT2D eigenvalue weighted by Crippen LogP contribution is 2.50. The van der Waals surface area contributed by atoms with Gasteiger partial charge in [0.15, 0.2) is 5.65 Å². The van der Waals surface area contributed by atoms with Gasteiger partial charge < -0.3 is 10.0 Å². The molecule has 2 fully saturated rings. The molecule has 1 N–H and O–H groups in total. The Balaban J connectivity index is 1.76. The van der Waals surface area contributed by atoms with Gasteiger partial charge in [-0.05, 0) is 18.8 Å². The minimum absolute atomic E-state index is 0.219. The van der Waals surface area contributed by atoms with Gasteiger partial charge in [-0.1, -0.05) is 6.42 Å². The predicted octanol–water partition coefficient (Wildman–Crippen LogP) is 1.05. The standard InChI is InChI=1S/C14H17N5O2/c1-18-11-10(5-17-18)12(16-8-15-11)19-6-9-3-2-4-14(9,7-19)13(20)21/h5,8-9H,2-4,6-7H2,1H3,(H,20,21)/t9-,14+/m0/s1. The maximum absolute atomic E-state index is 11.8. The van der Waals surface area contributed by atoms with Crippen LogP contribution in [0.5, 0.6) is 0 Å². The molecule has 0 amide bonds. The number of carbonyl (C=O) groups is 1. The second-order valence-electron chi connectivity index (χ2n) is 6.13. The Kier molecular flexibility index (Phi) is 2.49. The van der Waals surface area contributed by atoms with E-state index in [4.69, 9.17) is 0 Å². The number of hydrogen-bond acceptors (Lipinski definition) is 5. The molecule has 0 aromatic carbocycles. The molecular weight excluding hydrogens is 270 g/mol. The minimum Gasteiger partial charge on any atom is -0.481 e. The van der Waals surface area contributed by atoms with Crippen molar-refractivity contribution in [2.45, 2.75) is 19.3 Å². The van der Waals surface area contributed by atoms with Crippen molar-refractivity contribution in [1.82, 2.24) is 19.7 Å². The summed E-state index contributed by atoms with van der Waals surface area (Å²) in [4.78, 5) is 22.5. The number of aliphatic carboxylic acids is 1. The molecule has 2 aromatic rings. The lowest BCUT2D eigenvalue weighted by molar-refractivity contribution is -0.149. The van der Waals surface area contributed by atoms with Gasteiger partial charge in [0.25, 0.3) is 0 Å². The highest BCUT2D eigenvalue weighted by atomic mass is 16.4. The lowest BCUT2D eigenvalue weighted by atomic mass is 9.81. The number of anilines is 1. The zero-order valence-corrected chi connectivity index (χ0v) is 11.9. The Hall–Kier alpha value is -2.18. The van der Waals surface area contributed by atoms with E-state index in [0.717, 1.165) is 42.7 Å². The van der Waals surface area contributed by atoms with Gasteiger partial charge in [0, 0.05) is 20.1 Å². The molecule has 7 heteroatoms. The Morgan fingerprint density at radius 2 is 2.33 bits per heavy atom. The average molecular weight is 287 g/mol. The summed E-state index contributed by atoms with van der Waals surface area (Å²) < 4.78 is 1.71. The fourth-order valence-corrected chi connectivity index (χ4v) is 4.00. The van der Waals surface area contributed by atoms with Crippen LogP contribution >= 0.6 is 0 Å². The van der Waals surface area contributed by atoms with Crippen LogP contribution in [0.25, 0.3) is 11.0 Å². The van der Waals surface area contributed by atoms with E-state index in [1.54, 1.807) is 10.9 Å². The van der Waals surface area contributed by atoms with Gasteiger partial charge in [-0.3, -0.25) is 9.48 Å². The third-order valence-electron chi connectivity index (χ3n) is 5.10. The second kappa shape index (κ2) is 4.16. The van der Waals surface area contributed by atoms with Crippen molar-refractivity contribution >= 4 is 22.8 Å². The molecule has 1 aliphatic heterocycles. The summed E-state index contributed by atoms with van der Waals surface area (Å²) in [7, 11) is 1.84. The van der Waals surface area contributed by atoms with Crippen molar-refractivity contribution in [2.24, 2.45) is 18.4 Å². The molecule has 1 saturated carbocycles. The van der Waals surface area contributed by atoms with Gasteiger partial charge in [0.05, 0.1) is 17.0 Å². The van der Waals surface area contributed by atoms with Gasteiger partial charge in [-0.25, -0.2) is 9.97 Å². The molecule has 7 nitrogen and oxygen atoms in total. The number of carboxylic acids is 1. The lowest BCUT2D eigenvalue weighted by Crippen LogP contribution is -2.35. The molecular formula is C14H17N5O2. The van der Waals surface area contributed by atoms with Gasteiger partial charge in [0.1, 0.15) is 12.1 Å². The summed E-state index contributed by atoms with van der Waals surface area (Å²) >= 11 is 0. The third-order valence-corrected chi connectivity index (χ3v) is 5.10. The summed E-state index contributed by atoms with van der Waals surface area (Å²) in [6.45, 7) is 1.29. The van der Waals surface area contributed by atoms with Crippen LogP contribution in [0.4, 0.5) is 5.82 Å². The van der Waals surface area contributed by atoms with Crippen molar-refractivity contribution < 1.29 is 9.90 Å². The van der Waals surface area contributed by atoms with Crippen LogP contribution in [0.3, 0.4) is 0 Å². The molecule has 2 aliphatic rings. The Bertz CT molecular complexity index is 727. The zero-order chi connectivity index (χ0) is 14.6. The first-order valence-electron chi connectivity index (χ1n) is 7.23. The van der Waals surface area contributed by atoms with Crippen LogP contribution in [0.2, 0.25) is 0 Å². The Morgan fingerprint density at radius 1 is 1.48 bits per heavy atom. The van der Waals surface area contributed by atoms with E-state index in [2.05, 4.69) is 20.0 Å². The summed E-state index contributed by atoms with van der Waals surface area (Å²) in [5.41, 5.74) is 0.181. The number of aryl methyl sites for hydroxylation is 1. The lowest BCUT2D eigenvalue weighted by Gasteiger charge is -2.23. The van der Waals surface area contributed by atoms with Crippen LogP contribution in [0, 0.1) is 11.3 Å².